The summed E-state index contributed by atoms with van der Waals surface area (Å²) < 4.78 is 5.09. The van der Waals surface area contributed by atoms with Crippen LogP contribution in [-0.4, -0.2) is 17.1 Å². The Morgan fingerprint density at radius 2 is 1.79 bits per heavy atom. The van der Waals surface area contributed by atoms with Crippen molar-refractivity contribution in [3.8, 4) is 5.88 Å². The van der Waals surface area contributed by atoms with Crippen LogP contribution in [-0.2, 0) is 6.42 Å². The summed E-state index contributed by atoms with van der Waals surface area (Å²) in [4.78, 5) is 8.21. The Bertz CT molecular complexity index is 552. The predicted molar refractivity (Wildman–Crippen MR) is 76.8 cm³/mol. The van der Waals surface area contributed by atoms with Gasteiger partial charge in [0, 0.05) is 18.2 Å². The van der Waals surface area contributed by atoms with E-state index in [0.29, 0.717) is 12.3 Å². The fourth-order valence-corrected chi connectivity index (χ4v) is 2.38. The highest BCUT2D eigenvalue weighted by Crippen LogP contribution is 2.26. The molecule has 0 aliphatic heterocycles. The second kappa shape index (κ2) is 6.02. The van der Waals surface area contributed by atoms with Gasteiger partial charge < -0.3 is 4.74 Å². The first-order valence-corrected chi connectivity index (χ1v) is 6.59. The van der Waals surface area contributed by atoms with Gasteiger partial charge in [0.2, 0.25) is 5.88 Å². The van der Waals surface area contributed by atoms with E-state index in [1.54, 1.807) is 7.11 Å². The Balaban J connectivity index is 2.17. The lowest BCUT2D eigenvalue weighted by atomic mass is 10.0. The van der Waals surface area contributed by atoms with E-state index < -0.39 is 0 Å². The Hall–Kier alpha value is -1.61. The third-order valence-electron chi connectivity index (χ3n) is 2.90. The molecule has 0 aliphatic carbocycles. The number of ether oxygens (including phenoxy) is 1. The number of benzene rings is 1. The smallest absolute Gasteiger partial charge is 0.216 e. The number of nitrogens with zero attached hydrogens (tertiary/aromatic N) is 2. The van der Waals surface area contributed by atoms with Gasteiger partial charge in [-0.25, -0.2) is 9.97 Å². The molecule has 1 aromatic carbocycles. The molecule has 0 aliphatic rings. The van der Waals surface area contributed by atoms with Crippen molar-refractivity contribution in [1.29, 1.82) is 0 Å². The van der Waals surface area contributed by atoms with Gasteiger partial charge >= 0.3 is 0 Å². The maximum absolute atomic E-state index is 6.48. The zero-order valence-electron chi connectivity index (χ0n) is 11.4. The molecule has 4 heteroatoms. The van der Waals surface area contributed by atoms with Crippen molar-refractivity contribution in [1.82, 2.24) is 9.97 Å². The molecule has 1 atom stereocenters. The number of hydrogen-bond donors (Lipinski definition) is 0. The lowest BCUT2D eigenvalue weighted by Crippen LogP contribution is -2.00. The van der Waals surface area contributed by atoms with Gasteiger partial charge in [-0.15, -0.1) is 11.6 Å². The molecular weight excluding hydrogens is 260 g/mol. The minimum atomic E-state index is -0.0989. The van der Waals surface area contributed by atoms with Gasteiger partial charge in [0.15, 0.2) is 0 Å². The van der Waals surface area contributed by atoms with Gasteiger partial charge in [0.1, 0.15) is 6.33 Å². The Kier molecular flexibility index (Phi) is 4.38. The van der Waals surface area contributed by atoms with Crippen LogP contribution in [0.5, 0.6) is 5.88 Å². The maximum Gasteiger partial charge on any atom is 0.216 e. The van der Waals surface area contributed by atoms with Gasteiger partial charge in [-0.05, 0) is 19.4 Å². The number of alkyl halides is 1. The highest BCUT2D eigenvalue weighted by molar-refractivity contribution is 6.20. The Morgan fingerprint density at radius 1 is 1.11 bits per heavy atom. The van der Waals surface area contributed by atoms with Crippen LogP contribution in [0.15, 0.2) is 30.6 Å². The van der Waals surface area contributed by atoms with Gasteiger partial charge in [-0.2, -0.15) is 0 Å². The third-order valence-corrected chi connectivity index (χ3v) is 3.31. The van der Waals surface area contributed by atoms with Crippen LogP contribution in [0.1, 0.15) is 27.8 Å². The molecule has 0 radical (unpaired) electrons. The number of aryl methyl sites for hydroxylation is 2. The number of hydrogen-bond acceptors (Lipinski definition) is 3. The Labute approximate surface area is 118 Å². The lowest BCUT2D eigenvalue weighted by Gasteiger charge is -2.11. The molecule has 0 bridgehead atoms. The normalized spacial score (nSPS) is 12.2. The number of aromatic nitrogens is 2. The van der Waals surface area contributed by atoms with E-state index in [1.807, 2.05) is 6.07 Å². The summed E-state index contributed by atoms with van der Waals surface area (Å²) in [6.45, 7) is 4.15. The van der Waals surface area contributed by atoms with Gasteiger partial charge in [0.05, 0.1) is 12.5 Å². The van der Waals surface area contributed by atoms with Crippen LogP contribution in [0, 0.1) is 13.8 Å². The van der Waals surface area contributed by atoms with E-state index in [0.717, 1.165) is 11.3 Å². The third kappa shape index (κ3) is 3.67. The number of rotatable bonds is 4. The van der Waals surface area contributed by atoms with E-state index >= 15 is 0 Å². The zero-order valence-corrected chi connectivity index (χ0v) is 12.1. The predicted octanol–water partition coefficient (Wildman–Crippen LogP) is 3.62. The first kappa shape index (κ1) is 13.8. The molecular formula is C15H17ClN2O. The van der Waals surface area contributed by atoms with Crippen molar-refractivity contribution in [2.24, 2.45) is 0 Å². The quantitative estimate of drug-likeness (QED) is 0.800. The molecule has 100 valence electrons. The summed E-state index contributed by atoms with van der Waals surface area (Å²) in [5, 5.41) is -0.0989. The van der Waals surface area contributed by atoms with E-state index in [9.17, 15) is 0 Å². The van der Waals surface area contributed by atoms with Crippen molar-refractivity contribution in [3.63, 3.8) is 0 Å². The molecule has 19 heavy (non-hydrogen) atoms. The SMILES string of the molecule is COc1cc(CC(Cl)c2cc(C)cc(C)c2)ncn1. The molecule has 1 aromatic heterocycles. The molecule has 3 nitrogen and oxygen atoms in total. The summed E-state index contributed by atoms with van der Waals surface area (Å²) >= 11 is 6.48. The summed E-state index contributed by atoms with van der Waals surface area (Å²) in [6, 6.07) is 8.19. The van der Waals surface area contributed by atoms with Crippen LogP contribution in [0.2, 0.25) is 0 Å². The van der Waals surface area contributed by atoms with Crippen molar-refractivity contribution in [2.45, 2.75) is 25.6 Å². The van der Waals surface area contributed by atoms with Crippen molar-refractivity contribution in [2.75, 3.05) is 7.11 Å². The molecule has 1 unspecified atom stereocenters. The lowest BCUT2D eigenvalue weighted by molar-refractivity contribution is 0.396. The summed E-state index contributed by atoms with van der Waals surface area (Å²) in [6.07, 6.45) is 2.16. The topological polar surface area (TPSA) is 35.0 Å². The van der Waals surface area contributed by atoms with Gasteiger partial charge in [-0.1, -0.05) is 29.3 Å². The maximum atomic E-state index is 6.48. The van der Waals surface area contributed by atoms with Crippen molar-refractivity contribution < 1.29 is 4.74 Å². The van der Waals surface area contributed by atoms with E-state index in [1.165, 1.54) is 17.5 Å². The molecule has 2 aromatic rings. The van der Waals surface area contributed by atoms with Crippen molar-refractivity contribution in [3.05, 3.63) is 53.0 Å². The molecule has 0 N–H and O–H groups in total. The van der Waals surface area contributed by atoms with Crippen LogP contribution in [0.3, 0.4) is 0 Å². The van der Waals surface area contributed by atoms with Gasteiger partial charge in [-0.3, -0.25) is 0 Å². The molecule has 0 spiro atoms. The monoisotopic (exact) mass is 276 g/mol. The minimum Gasteiger partial charge on any atom is -0.481 e. The summed E-state index contributed by atoms with van der Waals surface area (Å²) in [5.74, 6) is 0.564. The second-order valence-corrected chi connectivity index (χ2v) is 5.17. The average molecular weight is 277 g/mol. The average Bonchev–Trinajstić information content (AvgIpc) is 2.37. The standard InChI is InChI=1S/C15H17ClN2O/c1-10-4-11(2)6-12(5-10)14(16)7-13-8-15(19-3)18-9-17-13/h4-6,8-9,14H,7H2,1-3H3. The van der Waals surface area contributed by atoms with E-state index in [4.69, 9.17) is 16.3 Å². The molecule has 0 saturated heterocycles. The van der Waals surface area contributed by atoms with E-state index in [-0.39, 0.29) is 5.38 Å². The molecule has 0 saturated carbocycles. The first-order valence-electron chi connectivity index (χ1n) is 6.15. The number of halogens is 1. The fraction of sp³-hybridized carbons (Fsp3) is 0.333. The second-order valence-electron chi connectivity index (χ2n) is 4.64. The molecule has 0 amide bonds. The molecule has 0 fully saturated rings. The Morgan fingerprint density at radius 3 is 2.42 bits per heavy atom. The van der Waals surface area contributed by atoms with E-state index in [2.05, 4.69) is 42.0 Å². The van der Waals surface area contributed by atoms with Crippen LogP contribution in [0.25, 0.3) is 0 Å². The molecule has 1 heterocycles. The molecule has 2 rings (SSSR count). The first-order chi connectivity index (χ1) is 9.08. The largest absolute Gasteiger partial charge is 0.481 e. The number of methoxy groups -OCH3 is 1. The minimum absolute atomic E-state index is 0.0989. The zero-order chi connectivity index (χ0) is 13.8. The highest BCUT2D eigenvalue weighted by atomic mass is 35.5. The van der Waals surface area contributed by atoms with Crippen molar-refractivity contribution >= 4 is 11.6 Å². The summed E-state index contributed by atoms with van der Waals surface area (Å²) in [7, 11) is 1.59. The van der Waals surface area contributed by atoms with Crippen LogP contribution >= 0.6 is 11.6 Å². The summed E-state index contributed by atoms with van der Waals surface area (Å²) in [5.41, 5.74) is 4.45. The van der Waals surface area contributed by atoms with Gasteiger partial charge in [0.25, 0.3) is 0 Å². The fourth-order valence-electron chi connectivity index (χ4n) is 2.09. The van der Waals surface area contributed by atoms with Crippen LogP contribution in [0.4, 0.5) is 0 Å². The van der Waals surface area contributed by atoms with Crippen LogP contribution < -0.4 is 4.74 Å². The highest BCUT2D eigenvalue weighted by Gasteiger charge is 2.11.